The van der Waals surface area contributed by atoms with Gasteiger partial charge in [0.15, 0.2) is 5.75 Å². The second-order valence-electron chi connectivity index (χ2n) is 3.13. The largest absolute Gasteiger partial charge is 0.381 e. The van der Waals surface area contributed by atoms with Crippen LogP contribution in [-0.4, -0.2) is 33.9 Å². The van der Waals surface area contributed by atoms with Crippen molar-refractivity contribution in [3.63, 3.8) is 0 Å². The normalized spacial score (nSPS) is 11.2. The Bertz CT molecular complexity index is 282. The summed E-state index contributed by atoms with van der Waals surface area (Å²) in [6.45, 7) is 3.69. The molecule has 0 amide bonds. The molecule has 0 aliphatic heterocycles. The quantitative estimate of drug-likeness (QED) is 0.594. The molecule has 0 heterocycles. The van der Waals surface area contributed by atoms with Crippen molar-refractivity contribution >= 4 is 10.0 Å². The van der Waals surface area contributed by atoms with Gasteiger partial charge in [0.1, 0.15) is 0 Å². The van der Waals surface area contributed by atoms with Gasteiger partial charge in [0.05, 0.1) is 6.07 Å². The van der Waals surface area contributed by atoms with E-state index >= 15 is 0 Å². The average molecular weight is 234 g/mol. The van der Waals surface area contributed by atoms with Gasteiger partial charge in [-0.1, -0.05) is 13.3 Å². The van der Waals surface area contributed by atoms with Crippen molar-refractivity contribution in [3.8, 4) is 6.07 Å². The maximum absolute atomic E-state index is 11.0. The first kappa shape index (κ1) is 14.4. The summed E-state index contributed by atoms with van der Waals surface area (Å²) in [6.07, 6.45) is 2.75. The molecule has 0 saturated heterocycles. The van der Waals surface area contributed by atoms with Crippen LogP contribution in [0.2, 0.25) is 0 Å². The number of nitrogens with one attached hydrogen (secondary N) is 1. The molecule has 0 saturated carbocycles. The van der Waals surface area contributed by atoms with E-state index in [1.807, 2.05) is 0 Å². The van der Waals surface area contributed by atoms with Crippen LogP contribution >= 0.6 is 0 Å². The Morgan fingerprint density at radius 1 is 1.33 bits per heavy atom. The molecule has 0 bridgehead atoms. The van der Waals surface area contributed by atoms with Gasteiger partial charge < -0.3 is 4.74 Å². The molecule has 0 aliphatic carbocycles. The van der Waals surface area contributed by atoms with Gasteiger partial charge in [-0.05, 0) is 12.8 Å². The minimum atomic E-state index is -3.40. The van der Waals surface area contributed by atoms with Crippen LogP contribution < -0.4 is 4.72 Å². The second-order valence-corrected chi connectivity index (χ2v) is 4.94. The molecule has 0 aliphatic rings. The van der Waals surface area contributed by atoms with Crippen LogP contribution in [0.1, 0.15) is 26.2 Å². The molecule has 0 aromatic carbocycles. The molecule has 0 rings (SSSR count). The van der Waals surface area contributed by atoms with E-state index in [-0.39, 0.29) is 0 Å². The van der Waals surface area contributed by atoms with E-state index in [1.54, 1.807) is 6.07 Å². The summed E-state index contributed by atoms with van der Waals surface area (Å²) >= 11 is 0. The third kappa shape index (κ3) is 9.66. The SMILES string of the molecule is CCCCOCCCNS(=O)(=O)CC#N. The van der Waals surface area contributed by atoms with Crippen molar-refractivity contribution in [2.24, 2.45) is 0 Å². The lowest BCUT2D eigenvalue weighted by molar-refractivity contribution is 0.130. The molecule has 0 atom stereocenters. The minimum Gasteiger partial charge on any atom is -0.381 e. The highest BCUT2D eigenvalue weighted by Gasteiger charge is 2.07. The monoisotopic (exact) mass is 234 g/mol. The Labute approximate surface area is 91.5 Å². The van der Waals surface area contributed by atoms with Gasteiger partial charge in [0.2, 0.25) is 10.0 Å². The number of nitrogens with zero attached hydrogens (tertiary/aromatic N) is 1. The maximum Gasteiger partial charge on any atom is 0.225 e. The zero-order valence-corrected chi connectivity index (χ0v) is 9.85. The molecule has 0 radical (unpaired) electrons. The van der Waals surface area contributed by atoms with Crippen LogP contribution in [0.5, 0.6) is 0 Å². The number of rotatable bonds is 9. The lowest BCUT2D eigenvalue weighted by Crippen LogP contribution is -2.27. The molecule has 1 N–H and O–H groups in total. The number of ether oxygens (including phenoxy) is 1. The van der Waals surface area contributed by atoms with Crippen molar-refractivity contribution in [3.05, 3.63) is 0 Å². The summed E-state index contributed by atoms with van der Waals surface area (Å²) in [5.74, 6) is -0.482. The van der Waals surface area contributed by atoms with Crippen molar-refractivity contribution < 1.29 is 13.2 Å². The maximum atomic E-state index is 11.0. The standard InChI is InChI=1S/C9H18N2O3S/c1-2-3-7-14-8-4-6-11-15(12,13)9-5-10/h11H,2-4,6-9H2,1H3. The van der Waals surface area contributed by atoms with Gasteiger partial charge in [0, 0.05) is 19.8 Å². The fourth-order valence-electron chi connectivity index (χ4n) is 0.886. The van der Waals surface area contributed by atoms with Crippen LogP contribution in [0.15, 0.2) is 0 Å². The Hall–Kier alpha value is -0.640. The van der Waals surface area contributed by atoms with E-state index in [9.17, 15) is 8.42 Å². The van der Waals surface area contributed by atoms with Crippen LogP contribution in [0.25, 0.3) is 0 Å². The average Bonchev–Trinajstić information content (AvgIpc) is 2.16. The molecule has 0 spiro atoms. The summed E-state index contributed by atoms with van der Waals surface area (Å²) < 4.78 is 29.6. The molecule has 0 aromatic rings. The van der Waals surface area contributed by atoms with Crippen molar-refractivity contribution in [2.45, 2.75) is 26.2 Å². The predicted molar refractivity (Wildman–Crippen MR) is 57.7 cm³/mol. The Morgan fingerprint density at radius 2 is 2.00 bits per heavy atom. The Morgan fingerprint density at radius 3 is 2.60 bits per heavy atom. The molecule has 6 heteroatoms. The molecule has 15 heavy (non-hydrogen) atoms. The topological polar surface area (TPSA) is 79.2 Å². The van der Waals surface area contributed by atoms with Crippen molar-refractivity contribution in [2.75, 3.05) is 25.5 Å². The molecule has 0 fully saturated rings. The molecule has 0 aromatic heterocycles. The highest BCUT2D eigenvalue weighted by Crippen LogP contribution is 1.90. The van der Waals surface area contributed by atoms with E-state index in [0.717, 1.165) is 19.4 Å². The van der Waals surface area contributed by atoms with E-state index in [1.165, 1.54) is 0 Å². The summed E-state index contributed by atoms with van der Waals surface area (Å²) in [5.41, 5.74) is 0. The zero-order valence-electron chi connectivity index (χ0n) is 9.03. The van der Waals surface area contributed by atoms with Crippen LogP contribution in [0.4, 0.5) is 0 Å². The third-order valence-corrected chi connectivity index (χ3v) is 2.84. The number of sulfonamides is 1. The second kappa shape index (κ2) is 8.65. The first-order valence-electron chi connectivity index (χ1n) is 5.04. The number of hydrogen-bond acceptors (Lipinski definition) is 4. The Kier molecular flexibility index (Phi) is 8.28. The van der Waals surface area contributed by atoms with Crippen LogP contribution in [-0.2, 0) is 14.8 Å². The summed E-state index contributed by atoms with van der Waals surface area (Å²) in [7, 11) is -3.40. The highest BCUT2D eigenvalue weighted by atomic mass is 32.2. The number of unbranched alkanes of at least 4 members (excludes halogenated alkanes) is 1. The summed E-state index contributed by atoms with van der Waals surface area (Å²) in [5, 5.41) is 8.21. The van der Waals surface area contributed by atoms with Gasteiger partial charge >= 0.3 is 0 Å². The van der Waals surface area contributed by atoms with Crippen LogP contribution in [0, 0.1) is 11.3 Å². The number of hydrogen-bond donors (Lipinski definition) is 1. The van der Waals surface area contributed by atoms with Gasteiger partial charge in [-0.3, -0.25) is 0 Å². The third-order valence-electron chi connectivity index (χ3n) is 1.68. The molecule has 0 unspecified atom stereocenters. The smallest absolute Gasteiger partial charge is 0.225 e. The lowest BCUT2D eigenvalue weighted by Gasteiger charge is -2.04. The fourth-order valence-corrected chi connectivity index (χ4v) is 1.61. The van der Waals surface area contributed by atoms with Gasteiger partial charge in [0.25, 0.3) is 0 Å². The molecular formula is C9H18N2O3S. The molecule has 5 nitrogen and oxygen atoms in total. The Balaban J connectivity index is 3.36. The minimum absolute atomic E-state index is 0.330. The predicted octanol–water partition coefficient (Wildman–Crippen LogP) is 0.636. The van der Waals surface area contributed by atoms with E-state index < -0.39 is 15.8 Å². The fraction of sp³-hybridized carbons (Fsp3) is 0.889. The van der Waals surface area contributed by atoms with Gasteiger partial charge in [-0.2, -0.15) is 5.26 Å². The van der Waals surface area contributed by atoms with Crippen molar-refractivity contribution in [1.29, 1.82) is 5.26 Å². The summed E-state index contributed by atoms with van der Waals surface area (Å²) in [4.78, 5) is 0. The highest BCUT2D eigenvalue weighted by molar-refractivity contribution is 7.89. The van der Waals surface area contributed by atoms with Gasteiger partial charge in [-0.15, -0.1) is 0 Å². The molecule has 88 valence electrons. The molecular weight excluding hydrogens is 216 g/mol. The van der Waals surface area contributed by atoms with E-state index in [0.29, 0.717) is 19.6 Å². The lowest BCUT2D eigenvalue weighted by atomic mass is 10.4. The van der Waals surface area contributed by atoms with Crippen molar-refractivity contribution in [1.82, 2.24) is 4.72 Å². The van der Waals surface area contributed by atoms with Gasteiger partial charge in [-0.25, -0.2) is 13.1 Å². The summed E-state index contributed by atoms with van der Waals surface area (Å²) in [6, 6.07) is 1.60. The van der Waals surface area contributed by atoms with E-state index in [4.69, 9.17) is 10.00 Å². The van der Waals surface area contributed by atoms with E-state index in [2.05, 4.69) is 11.6 Å². The zero-order chi connectivity index (χ0) is 11.6. The number of nitriles is 1. The first-order chi connectivity index (χ1) is 7.12. The first-order valence-corrected chi connectivity index (χ1v) is 6.69. The van der Waals surface area contributed by atoms with Crippen LogP contribution in [0.3, 0.4) is 0 Å².